The van der Waals surface area contributed by atoms with E-state index in [0.29, 0.717) is 19.6 Å². The number of hydrogen-bond donors (Lipinski definition) is 2. The zero-order valence-corrected chi connectivity index (χ0v) is 7.13. The van der Waals surface area contributed by atoms with E-state index in [1.807, 2.05) is 4.90 Å². The van der Waals surface area contributed by atoms with Crippen molar-refractivity contribution in [1.29, 1.82) is 0 Å². The largest absolute Gasteiger partial charge is 0.389 e. The predicted molar refractivity (Wildman–Crippen MR) is 43.8 cm³/mol. The molecule has 2 atom stereocenters. The van der Waals surface area contributed by atoms with Crippen molar-refractivity contribution in [3.8, 4) is 0 Å². The number of aliphatic hydroxyl groups excluding tert-OH is 2. The Kier molecular flexibility index (Phi) is 2.30. The Bertz CT molecular complexity index is 252. The molecule has 0 bridgehead atoms. The summed E-state index contributed by atoms with van der Waals surface area (Å²) in [6.07, 6.45) is 0.247. The monoisotopic (exact) mass is 184 g/mol. The van der Waals surface area contributed by atoms with Crippen LogP contribution in [-0.4, -0.2) is 45.6 Å². The van der Waals surface area contributed by atoms with Gasteiger partial charge in [0.1, 0.15) is 6.26 Å². The Hall–Kier alpha value is -0.910. The molecular weight excluding hydrogens is 172 g/mol. The third-order valence-corrected chi connectivity index (χ3v) is 2.21. The van der Waals surface area contributed by atoms with Crippen molar-refractivity contribution >= 4 is 0 Å². The molecule has 2 unspecified atom stereocenters. The number of aliphatic hydroxyl groups is 2. The summed E-state index contributed by atoms with van der Waals surface area (Å²) in [5.41, 5.74) is 0.821. The van der Waals surface area contributed by atoms with Crippen LogP contribution in [0.25, 0.3) is 0 Å². The molecule has 0 aliphatic carbocycles. The average molecular weight is 184 g/mol. The molecule has 2 N–H and O–H groups in total. The van der Waals surface area contributed by atoms with E-state index in [2.05, 4.69) is 9.68 Å². The van der Waals surface area contributed by atoms with Crippen molar-refractivity contribution in [3.63, 3.8) is 0 Å². The summed E-state index contributed by atoms with van der Waals surface area (Å²) < 4.78 is 4.68. The van der Waals surface area contributed by atoms with Gasteiger partial charge in [-0.15, -0.1) is 0 Å². The quantitative estimate of drug-likeness (QED) is 0.630. The number of hydrogen-bond acceptors (Lipinski definition) is 5. The first-order valence-corrected chi connectivity index (χ1v) is 4.23. The summed E-state index contributed by atoms with van der Waals surface area (Å²) in [6.45, 7) is 1.60. The van der Waals surface area contributed by atoms with Crippen LogP contribution in [0.5, 0.6) is 0 Å². The van der Waals surface area contributed by atoms with Crippen LogP contribution in [0.3, 0.4) is 0 Å². The highest BCUT2D eigenvalue weighted by Crippen LogP contribution is 2.12. The van der Waals surface area contributed by atoms with Crippen LogP contribution in [0.15, 0.2) is 16.9 Å². The molecule has 0 saturated carbocycles. The van der Waals surface area contributed by atoms with Gasteiger partial charge in [0.15, 0.2) is 0 Å². The fourth-order valence-electron chi connectivity index (χ4n) is 1.52. The zero-order valence-electron chi connectivity index (χ0n) is 7.13. The van der Waals surface area contributed by atoms with E-state index in [0.717, 1.165) is 5.69 Å². The Balaban J connectivity index is 1.91. The standard InChI is InChI=1S/C8H12N2O3/c11-7-4-10(5-8(7)12)3-6-1-2-13-9-6/h1-2,7-8,11-12H,3-5H2. The van der Waals surface area contributed by atoms with Gasteiger partial charge in [0, 0.05) is 25.7 Å². The smallest absolute Gasteiger partial charge is 0.124 e. The molecule has 0 spiro atoms. The van der Waals surface area contributed by atoms with Crippen LogP contribution in [0.4, 0.5) is 0 Å². The summed E-state index contributed by atoms with van der Waals surface area (Å²) in [5.74, 6) is 0. The molecule has 1 aromatic heterocycles. The first kappa shape index (κ1) is 8.68. The normalized spacial score (nSPS) is 29.7. The SMILES string of the molecule is OC1CN(Cc2ccon2)CC1O. The lowest BCUT2D eigenvalue weighted by molar-refractivity contribution is 0.0572. The number of β-amino-alcohol motifs (C(OH)–C–C–N with tert-alkyl or cyclic N) is 2. The van der Waals surface area contributed by atoms with Crippen LogP contribution in [0.2, 0.25) is 0 Å². The highest BCUT2D eigenvalue weighted by Gasteiger charge is 2.29. The van der Waals surface area contributed by atoms with Gasteiger partial charge < -0.3 is 14.7 Å². The predicted octanol–water partition coefficient (Wildman–Crippen LogP) is -0.788. The number of aromatic nitrogens is 1. The van der Waals surface area contributed by atoms with Gasteiger partial charge >= 0.3 is 0 Å². The van der Waals surface area contributed by atoms with Crippen LogP contribution in [0, 0.1) is 0 Å². The summed E-state index contributed by atoms with van der Waals surface area (Å²) in [7, 11) is 0. The Labute approximate surface area is 75.6 Å². The first-order chi connectivity index (χ1) is 6.25. The van der Waals surface area contributed by atoms with E-state index in [4.69, 9.17) is 0 Å². The molecule has 0 aromatic carbocycles. The lowest BCUT2D eigenvalue weighted by atomic mass is 10.3. The second kappa shape index (κ2) is 3.45. The van der Waals surface area contributed by atoms with E-state index < -0.39 is 12.2 Å². The third-order valence-electron chi connectivity index (χ3n) is 2.21. The van der Waals surface area contributed by atoms with Gasteiger partial charge in [-0.3, -0.25) is 4.90 Å². The van der Waals surface area contributed by atoms with E-state index in [-0.39, 0.29) is 0 Å². The lowest BCUT2D eigenvalue weighted by Gasteiger charge is -2.11. The molecule has 1 fully saturated rings. The highest BCUT2D eigenvalue weighted by molar-refractivity contribution is 4.97. The van der Waals surface area contributed by atoms with Crippen molar-refractivity contribution in [3.05, 3.63) is 18.0 Å². The molecule has 1 saturated heterocycles. The first-order valence-electron chi connectivity index (χ1n) is 4.23. The number of likely N-dealkylation sites (tertiary alicyclic amines) is 1. The molecule has 2 rings (SSSR count). The maximum absolute atomic E-state index is 9.26. The molecule has 2 heterocycles. The van der Waals surface area contributed by atoms with Crippen LogP contribution in [0.1, 0.15) is 5.69 Å². The summed E-state index contributed by atoms with van der Waals surface area (Å²) in [5, 5.41) is 22.3. The van der Waals surface area contributed by atoms with Gasteiger partial charge in [-0.05, 0) is 0 Å². The molecule has 5 nitrogen and oxygen atoms in total. The second-order valence-electron chi connectivity index (χ2n) is 3.32. The molecule has 1 aliphatic rings. The van der Waals surface area contributed by atoms with E-state index in [1.54, 1.807) is 6.07 Å². The van der Waals surface area contributed by atoms with Gasteiger partial charge in [-0.25, -0.2) is 0 Å². The van der Waals surface area contributed by atoms with Crippen molar-refractivity contribution in [2.45, 2.75) is 18.8 Å². The minimum Gasteiger partial charge on any atom is -0.389 e. The van der Waals surface area contributed by atoms with Crippen molar-refractivity contribution in [1.82, 2.24) is 10.1 Å². The van der Waals surface area contributed by atoms with Gasteiger partial charge in [-0.1, -0.05) is 5.16 Å². The maximum Gasteiger partial charge on any atom is 0.124 e. The molecular formula is C8H12N2O3. The van der Waals surface area contributed by atoms with Gasteiger partial charge in [0.25, 0.3) is 0 Å². The molecule has 72 valence electrons. The average Bonchev–Trinajstić information content (AvgIpc) is 2.64. The third kappa shape index (κ3) is 1.88. The number of nitrogens with zero attached hydrogens (tertiary/aromatic N) is 2. The number of rotatable bonds is 2. The Morgan fingerprint density at radius 2 is 2.15 bits per heavy atom. The molecule has 0 amide bonds. The molecule has 0 radical (unpaired) electrons. The maximum atomic E-state index is 9.26. The van der Waals surface area contributed by atoms with Crippen LogP contribution < -0.4 is 0 Å². The fraction of sp³-hybridized carbons (Fsp3) is 0.625. The molecule has 13 heavy (non-hydrogen) atoms. The summed E-state index contributed by atoms with van der Waals surface area (Å²) >= 11 is 0. The van der Waals surface area contributed by atoms with Gasteiger partial charge in [0.05, 0.1) is 17.9 Å². The van der Waals surface area contributed by atoms with Crippen LogP contribution >= 0.6 is 0 Å². The van der Waals surface area contributed by atoms with E-state index >= 15 is 0 Å². The fourth-order valence-corrected chi connectivity index (χ4v) is 1.52. The molecule has 1 aliphatic heterocycles. The van der Waals surface area contributed by atoms with Gasteiger partial charge in [0.2, 0.25) is 0 Å². The lowest BCUT2D eigenvalue weighted by Crippen LogP contribution is -2.22. The minimum atomic E-state index is -0.632. The summed E-state index contributed by atoms with van der Waals surface area (Å²) in [4.78, 5) is 1.94. The second-order valence-corrected chi connectivity index (χ2v) is 3.32. The highest BCUT2D eigenvalue weighted by atomic mass is 16.5. The van der Waals surface area contributed by atoms with Crippen molar-refractivity contribution < 1.29 is 14.7 Å². The van der Waals surface area contributed by atoms with Crippen molar-refractivity contribution in [2.75, 3.05) is 13.1 Å². The Morgan fingerprint density at radius 3 is 2.69 bits per heavy atom. The summed E-state index contributed by atoms with van der Waals surface area (Å²) in [6, 6.07) is 1.77. The van der Waals surface area contributed by atoms with Crippen molar-refractivity contribution in [2.24, 2.45) is 0 Å². The van der Waals surface area contributed by atoms with Gasteiger partial charge in [-0.2, -0.15) is 0 Å². The Morgan fingerprint density at radius 1 is 1.46 bits per heavy atom. The topological polar surface area (TPSA) is 69.7 Å². The molecule has 1 aromatic rings. The zero-order chi connectivity index (χ0) is 9.26. The minimum absolute atomic E-state index is 0.494. The van der Waals surface area contributed by atoms with E-state index in [9.17, 15) is 10.2 Å². The molecule has 5 heteroatoms. The van der Waals surface area contributed by atoms with Crippen LogP contribution in [-0.2, 0) is 6.54 Å². The van der Waals surface area contributed by atoms with E-state index in [1.165, 1.54) is 6.26 Å².